The van der Waals surface area contributed by atoms with Gasteiger partial charge in [0.05, 0.1) is 10.5 Å². The fourth-order valence-corrected chi connectivity index (χ4v) is 3.49. The quantitative estimate of drug-likeness (QED) is 0.576. The largest absolute Gasteiger partial charge is 0.354 e. The average molecular weight is 341 g/mol. The molecule has 3 aromatic rings. The number of carbonyl (C=O) groups excluding carboxylic acids is 1. The first-order valence-corrected chi connectivity index (χ1v) is 8.03. The van der Waals surface area contributed by atoms with Crippen LogP contribution in [0.25, 0.3) is 10.9 Å². The molecule has 1 heterocycles. The number of nitrogens with zero attached hydrogens (tertiary/aromatic N) is 2. The van der Waals surface area contributed by atoms with Gasteiger partial charge in [-0.3, -0.25) is 14.9 Å². The number of hydrogen-bond donors (Lipinski definition) is 1. The zero-order valence-corrected chi connectivity index (χ0v) is 14.0. The molecule has 2 aromatic carbocycles. The van der Waals surface area contributed by atoms with E-state index in [9.17, 15) is 14.9 Å². The van der Waals surface area contributed by atoms with Crippen LogP contribution in [0, 0.1) is 10.1 Å². The number of aromatic amines is 1. The molecule has 6 nitrogen and oxygen atoms in total. The van der Waals surface area contributed by atoms with Crippen LogP contribution in [0.15, 0.2) is 58.5 Å². The summed E-state index contributed by atoms with van der Waals surface area (Å²) >= 11 is 1.42. The van der Waals surface area contributed by atoms with E-state index in [2.05, 4.69) is 4.98 Å². The van der Waals surface area contributed by atoms with E-state index in [4.69, 9.17) is 0 Å². The maximum Gasteiger partial charge on any atom is 0.293 e. The molecule has 3 rings (SSSR count). The van der Waals surface area contributed by atoms with Crippen LogP contribution in [0.1, 0.15) is 10.4 Å². The van der Waals surface area contributed by atoms with Gasteiger partial charge < -0.3 is 9.88 Å². The van der Waals surface area contributed by atoms with E-state index in [-0.39, 0.29) is 11.6 Å². The standard InChI is InChI=1S/C17H15N3O3S/c1-19(2)17(21)12-6-3-4-9-14(12)24-15-10-18-16-11(15)7-5-8-13(16)20(22)23/h3-10,18H,1-2H3. The Bertz CT molecular complexity index is 934. The molecule has 0 fully saturated rings. The van der Waals surface area contributed by atoms with Gasteiger partial charge in [0.2, 0.25) is 0 Å². The molecule has 0 saturated heterocycles. The van der Waals surface area contributed by atoms with Gasteiger partial charge in [0, 0.05) is 41.5 Å². The van der Waals surface area contributed by atoms with E-state index in [1.807, 2.05) is 24.3 Å². The van der Waals surface area contributed by atoms with Crippen LogP contribution in [-0.2, 0) is 0 Å². The lowest BCUT2D eigenvalue weighted by Gasteiger charge is -2.13. The third-order valence-corrected chi connectivity index (χ3v) is 4.73. The number of carbonyl (C=O) groups is 1. The molecule has 24 heavy (non-hydrogen) atoms. The predicted molar refractivity (Wildman–Crippen MR) is 93.5 cm³/mol. The summed E-state index contributed by atoms with van der Waals surface area (Å²) in [4.78, 5) is 29.2. The maximum absolute atomic E-state index is 12.3. The number of nitrogens with one attached hydrogen (secondary N) is 1. The lowest BCUT2D eigenvalue weighted by atomic mass is 10.2. The number of nitro groups is 1. The normalized spacial score (nSPS) is 10.8. The summed E-state index contributed by atoms with van der Waals surface area (Å²) in [6.07, 6.45) is 1.74. The minimum Gasteiger partial charge on any atom is -0.354 e. The maximum atomic E-state index is 12.3. The van der Waals surface area contributed by atoms with Crippen molar-refractivity contribution in [2.45, 2.75) is 9.79 Å². The smallest absolute Gasteiger partial charge is 0.293 e. The van der Waals surface area contributed by atoms with E-state index >= 15 is 0 Å². The summed E-state index contributed by atoms with van der Waals surface area (Å²) in [5.41, 5.74) is 1.13. The van der Waals surface area contributed by atoms with Gasteiger partial charge in [0.15, 0.2) is 0 Å². The van der Waals surface area contributed by atoms with Crippen LogP contribution in [0.2, 0.25) is 0 Å². The van der Waals surface area contributed by atoms with Crippen molar-refractivity contribution >= 4 is 34.3 Å². The van der Waals surface area contributed by atoms with Gasteiger partial charge >= 0.3 is 0 Å². The number of nitro benzene ring substituents is 1. The summed E-state index contributed by atoms with van der Waals surface area (Å²) < 4.78 is 0. The molecule has 1 amide bonds. The van der Waals surface area contributed by atoms with Crippen molar-refractivity contribution in [1.29, 1.82) is 0 Å². The van der Waals surface area contributed by atoms with Crippen LogP contribution in [0.4, 0.5) is 5.69 Å². The van der Waals surface area contributed by atoms with E-state index in [0.29, 0.717) is 11.1 Å². The monoisotopic (exact) mass is 341 g/mol. The number of aromatic nitrogens is 1. The SMILES string of the molecule is CN(C)C(=O)c1ccccc1Sc1c[nH]c2c([N+](=O)[O-])cccc12. The Labute approximate surface area is 142 Å². The molecule has 0 aliphatic rings. The van der Waals surface area contributed by atoms with E-state index in [1.54, 1.807) is 32.4 Å². The summed E-state index contributed by atoms with van der Waals surface area (Å²) in [6.45, 7) is 0. The van der Waals surface area contributed by atoms with Crippen molar-refractivity contribution in [3.05, 3.63) is 64.3 Å². The Balaban J connectivity index is 2.05. The van der Waals surface area contributed by atoms with E-state index in [1.165, 1.54) is 22.7 Å². The number of non-ortho nitro benzene ring substituents is 1. The highest BCUT2D eigenvalue weighted by molar-refractivity contribution is 7.99. The zero-order chi connectivity index (χ0) is 17.3. The Morgan fingerprint density at radius 3 is 2.58 bits per heavy atom. The van der Waals surface area contributed by atoms with Crippen molar-refractivity contribution in [2.75, 3.05) is 14.1 Å². The molecule has 122 valence electrons. The number of amides is 1. The van der Waals surface area contributed by atoms with Gasteiger partial charge in [-0.25, -0.2) is 0 Å². The van der Waals surface area contributed by atoms with Gasteiger partial charge in [0.1, 0.15) is 5.52 Å². The van der Waals surface area contributed by atoms with Crippen LogP contribution < -0.4 is 0 Å². The summed E-state index contributed by atoms with van der Waals surface area (Å²) in [6, 6.07) is 12.3. The summed E-state index contributed by atoms with van der Waals surface area (Å²) in [7, 11) is 3.41. The number of fused-ring (bicyclic) bond motifs is 1. The number of H-pyrrole nitrogens is 1. The molecular weight excluding hydrogens is 326 g/mol. The van der Waals surface area contributed by atoms with Gasteiger partial charge in [-0.1, -0.05) is 36.0 Å². The Morgan fingerprint density at radius 1 is 1.12 bits per heavy atom. The van der Waals surface area contributed by atoms with Crippen LogP contribution >= 0.6 is 11.8 Å². The Morgan fingerprint density at radius 2 is 1.88 bits per heavy atom. The van der Waals surface area contributed by atoms with Gasteiger partial charge in [-0.15, -0.1) is 0 Å². The van der Waals surface area contributed by atoms with Crippen molar-refractivity contribution in [2.24, 2.45) is 0 Å². The van der Waals surface area contributed by atoms with Crippen LogP contribution in [0.5, 0.6) is 0 Å². The topological polar surface area (TPSA) is 79.2 Å². The molecule has 7 heteroatoms. The van der Waals surface area contributed by atoms with Crippen molar-refractivity contribution in [3.63, 3.8) is 0 Å². The third-order valence-electron chi connectivity index (χ3n) is 3.60. The van der Waals surface area contributed by atoms with Crippen LogP contribution in [-0.4, -0.2) is 34.8 Å². The molecule has 0 unspecified atom stereocenters. The minimum atomic E-state index is -0.406. The average Bonchev–Trinajstić information content (AvgIpc) is 2.97. The Hall–Kier alpha value is -2.80. The molecule has 0 aliphatic carbocycles. The van der Waals surface area contributed by atoms with Crippen molar-refractivity contribution < 1.29 is 9.72 Å². The first-order chi connectivity index (χ1) is 11.5. The first kappa shape index (κ1) is 16.1. The first-order valence-electron chi connectivity index (χ1n) is 7.22. The van der Waals surface area contributed by atoms with E-state index in [0.717, 1.165) is 15.2 Å². The molecular formula is C17H15N3O3S. The highest BCUT2D eigenvalue weighted by Gasteiger charge is 2.18. The van der Waals surface area contributed by atoms with Crippen molar-refractivity contribution in [3.8, 4) is 0 Å². The number of benzene rings is 2. The van der Waals surface area contributed by atoms with Gasteiger partial charge in [-0.2, -0.15) is 0 Å². The highest BCUT2D eigenvalue weighted by atomic mass is 32.2. The summed E-state index contributed by atoms with van der Waals surface area (Å²) in [5.74, 6) is -0.0797. The highest BCUT2D eigenvalue weighted by Crippen LogP contribution is 2.37. The molecule has 0 radical (unpaired) electrons. The number of rotatable bonds is 4. The lowest BCUT2D eigenvalue weighted by molar-refractivity contribution is -0.383. The minimum absolute atomic E-state index is 0.0389. The van der Waals surface area contributed by atoms with Crippen molar-refractivity contribution in [1.82, 2.24) is 9.88 Å². The Kier molecular flexibility index (Phi) is 4.26. The predicted octanol–water partition coefficient (Wildman–Crippen LogP) is 3.93. The fourth-order valence-electron chi connectivity index (χ4n) is 2.44. The second-order valence-electron chi connectivity index (χ2n) is 5.41. The third kappa shape index (κ3) is 2.85. The molecule has 0 bridgehead atoms. The molecule has 0 spiro atoms. The molecule has 0 aliphatic heterocycles. The molecule has 1 N–H and O–H groups in total. The lowest BCUT2D eigenvalue weighted by Crippen LogP contribution is -2.22. The molecule has 0 atom stereocenters. The molecule has 0 saturated carbocycles. The second-order valence-corrected chi connectivity index (χ2v) is 6.49. The number of para-hydroxylation sites is 1. The van der Waals surface area contributed by atoms with Gasteiger partial charge in [0.25, 0.3) is 11.6 Å². The molecule has 1 aromatic heterocycles. The van der Waals surface area contributed by atoms with Gasteiger partial charge in [-0.05, 0) is 12.1 Å². The second kappa shape index (κ2) is 6.37. The summed E-state index contributed by atoms with van der Waals surface area (Å²) in [5, 5.41) is 11.9. The zero-order valence-electron chi connectivity index (χ0n) is 13.1. The van der Waals surface area contributed by atoms with E-state index < -0.39 is 4.92 Å². The van der Waals surface area contributed by atoms with Crippen LogP contribution in [0.3, 0.4) is 0 Å². The number of hydrogen-bond acceptors (Lipinski definition) is 4. The fraction of sp³-hybridized carbons (Fsp3) is 0.118.